The van der Waals surface area contributed by atoms with Crippen LogP contribution in [0.5, 0.6) is 0 Å². The molecule has 0 aliphatic carbocycles. The minimum atomic E-state index is 0.554. The monoisotopic (exact) mass is 355 g/mol. The zero-order valence-corrected chi connectivity index (χ0v) is 13.3. The number of rotatable bonds is 5. The second kappa shape index (κ2) is 7.00. The first kappa shape index (κ1) is 14.5. The molecule has 2 N–H and O–H groups in total. The van der Waals surface area contributed by atoms with Crippen molar-refractivity contribution in [2.75, 3.05) is 10.6 Å². The van der Waals surface area contributed by atoms with Crippen molar-refractivity contribution < 1.29 is 0 Å². The predicted molar refractivity (Wildman–Crippen MR) is 91.0 cm³/mol. The summed E-state index contributed by atoms with van der Waals surface area (Å²) in [6.07, 6.45) is 5.27. The Kier molecular flexibility index (Phi) is 4.60. The van der Waals surface area contributed by atoms with Crippen LogP contribution >= 0.6 is 15.9 Å². The van der Waals surface area contributed by atoms with Crippen molar-refractivity contribution in [2.24, 2.45) is 0 Å². The van der Waals surface area contributed by atoms with Gasteiger partial charge in [0.2, 0.25) is 5.95 Å². The number of pyridine rings is 1. The lowest BCUT2D eigenvalue weighted by molar-refractivity contribution is 1.08. The van der Waals surface area contributed by atoms with Gasteiger partial charge in [0.15, 0.2) is 0 Å². The third kappa shape index (κ3) is 4.02. The lowest BCUT2D eigenvalue weighted by atomic mass is 10.3. The van der Waals surface area contributed by atoms with Gasteiger partial charge in [-0.1, -0.05) is 22.0 Å². The maximum Gasteiger partial charge on any atom is 0.229 e. The maximum absolute atomic E-state index is 4.45. The van der Waals surface area contributed by atoms with E-state index >= 15 is 0 Å². The number of aromatic nitrogens is 3. The Hall–Kier alpha value is -2.47. The summed E-state index contributed by atoms with van der Waals surface area (Å²) in [6.45, 7) is 0.690. The third-order valence-electron chi connectivity index (χ3n) is 2.96. The Morgan fingerprint density at radius 3 is 2.68 bits per heavy atom. The molecule has 0 aliphatic heterocycles. The Labute approximate surface area is 137 Å². The van der Waals surface area contributed by atoms with Crippen LogP contribution in [0.4, 0.5) is 17.5 Å². The average Bonchev–Trinajstić information content (AvgIpc) is 2.54. The van der Waals surface area contributed by atoms with Crippen molar-refractivity contribution in [3.63, 3.8) is 0 Å². The number of benzene rings is 1. The molecule has 0 radical (unpaired) electrons. The van der Waals surface area contributed by atoms with Crippen LogP contribution in [0.15, 0.2) is 65.5 Å². The molecule has 0 fully saturated rings. The van der Waals surface area contributed by atoms with Gasteiger partial charge in [0.25, 0.3) is 0 Å². The highest BCUT2D eigenvalue weighted by molar-refractivity contribution is 9.10. The van der Waals surface area contributed by atoms with E-state index in [0.29, 0.717) is 12.5 Å². The van der Waals surface area contributed by atoms with E-state index in [1.165, 1.54) is 0 Å². The van der Waals surface area contributed by atoms with E-state index in [1.807, 2.05) is 42.5 Å². The van der Waals surface area contributed by atoms with Gasteiger partial charge in [0.1, 0.15) is 5.82 Å². The molecule has 2 aromatic heterocycles. The van der Waals surface area contributed by atoms with Crippen LogP contribution in [-0.2, 0) is 6.54 Å². The Morgan fingerprint density at radius 2 is 1.86 bits per heavy atom. The van der Waals surface area contributed by atoms with Crippen molar-refractivity contribution in [1.82, 2.24) is 15.0 Å². The summed E-state index contributed by atoms with van der Waals surface area (Å²) in [5.74, 6) is 1.32. The second-order valence-corrected chi connectivity index (χ2v) is 5.53. The molecule has 0 saturated heterocycles. The van der Waals surface area contributed by atoms with E-state index in [-0.39, 0.29) is 0 Å². The number of hydrogen-bond acceptors (Lipinski definition) is 5. The molecule has 2 heterocycles. The van der Waals surface area contributed by atoms with Crippen molar-refractivity contribution in [3.8, 4) is 0 Å². The molecule has 0 amide bonds. The fourth-order valence-electron chi connectivity index (χ4n) is 1.91. The van der Waals surface area contributed by atoms with Crippen LogP contribution in [0.2, 0.25) is 0 Å². The SMILES string of the molecule is Brc1cccc(Nc2nccc(NCc3ccncc3)n2)c1. The van der Waals surface area contributed by atoms with Gasteiger partial charge < -0.3 is 10.6 Å². The zero-order valence-electron chi connectivity index (χ0n) is 11.7. The van der Waals surface area contributed by atoms with Crippen LogP contribution in [0.25, 0.3) is 0 Å². The number of hydrogen-bond donors (Lipinski definition) is 2. The molecule has 3 aromatic rings. The van der Waals surface area contributed by atoms with Crippen molar-refractivity contribution in [2.45, 2.75) is 6.54 Å². The fourth-order valence-corrected chi connectivity index (χ4v) is 2.31. The highest BCUT2D eigenvalue weighted by Crippen LogP contribution is 2.19. The summed E-state index contributed by atoms with van der Waals surface area (Å²) in [4.78, 5) is 12.7. The summed E-state index contributed by atoms with van der Waals surface area (Å²) in [5, 5.41) is 6.45. The normalized spacial score (nSPS) is 10.2. The van der Waals surface area contributed by atoms with E-state index in [0.717, 1.165) is 21.5 Å². The molecule has 0 atom stereocenters. The van der Waals surface area contributed by atoms with Gasteiger partial charge in [0, 0.05) is 35.3 Å². The summed E-state index contributed by atoms with van der Waals surface area (Å²) < 4.78 is 1.00. The van der Waals surface area contributed by atoms with Gasteiger partial charge in [-0.25, -0.2) is 4.98 Å². The molecule has 110 valence electrons. The molecule has 22 heavy (non-hydrogen) atoms. The van der Waals surface area contributed by atoms with E-state index < -0.39 is 0 Å². The van der Waals surface area contributed by atoms with Crippen molar-refractivity contribution >= 4 is 33.4 Å². The molecule has 1 aromatic carbocycles. The van der Waals surface area contributed by atoms with E-state index in [1.54, 1.807) is 18.6 Å². The molecule has 0 bridgehead atoms. The molecule has 0 spiro atoms. The fraction of sp³-hybridized carbons (Fsp3) is 0.0625. The topological polar surface area (TPSA) is 62.7 Å². The number of nitrogens with one attached hydrogen (secondary N) is 2. The van der Waals surface area contributed by atoms with Gasteiger partial charge in [0.05, 0.1) is 0 Å². The second-order valence-electron chi connectivity index (χ2n) is 4.61. The Morgan fingerprint density at radius 1 is 1.00 bits per heavy atom. The Bertz CT molecular complexity index is 748. The Balaban J connectivity index is 1.67. The lowest BCUT2D eigenvalue weighted by Gasteiger charge is -2.08. The van der Waals surface area contributed by atoms with Crippen molar-refractivity contribution in [3.05, 3.63) is 71.1 Å². The summed E-state index contributed by atoms with van der Waals surface area (Å²) >= 11 is 3.44. The van der Waals surface area contributed by atoms with Crippen LogP contribution in [-0.4, -0.2) is 15.0 Å². The van der Waals surface area contributed by atoms with Crippen LogP contribution in [0.3, 0.4) is 0 Å². The molecule has 5 nitrogen and oxygen atoms in total. The van der Waals surface area contributed by atoms with Gasteiger partial charge >= 0.3 is 0 Å². The lowest BCUT2D eigenvalue weighted by Crippen LogP contribution is -2.04. The van der Waals surface area contributed by atoms with E-state index in [9.17, 15) is 0 Å². The highest BCUT2D eigenvalue weighted by Gasteiger charge is 2.01. The van der Waals surface area contributed by atoms with Gasteiger partial charge in [-0.2, -0.15) is 4.98 Å². The zero-order chi connectivity index (χ0) is 15.2. The predicted octanol–water partition coefficient (Wildman–Crippen LogP) is 3.99. The molecule has 0 unspecified atom stereocenters. The van der Waals surface area contributed by atoms with Crippen molar-refractivity contribution in [1.29, 1.82) is 0 Å². The summed E-state index contributed by atoms with van der Waals surface area (Å²) in [7, 11) is 0. The third-order valence-corrected chi connectivity index (χ3v) is 3.45. The van der Waals surface area contributed by atoms with Gasteiger partial charge in [-0.05, 0) is 42.0 Å². The van der Waals surface area contributed by atoms with Crippen LogP contribution < -0.4 is 10.6 Å². The molecule has 0 aliphatic rings. The number of anilines is 3. The molecule has 3 rings (SSSR count). The van der Waals surface area contributed by atoms with E-state index in [4.69, 9.17) is 0 Å². The smallest absolute Gasteiger partial charge is 0.229 e. The first-order valence-electron chi connectivity index (χ1n) is 6.78. The minimum Gasteiger partial charge on any atom is -0.366 e. The molecular weight excluding hydrogens is 342 g/mol. The minimum absolute atomic E-state index is 0.554. The van der Waals surface area contributed by atoms with Gasteiger partial charge in [-0.15, -0.1) is 0 Å². The molecule has 0 saturated carbocycles. The van der Waals surface area contributed by atoms with E-state index in [2.05, 4.69) is 41.5 Å². The summed E-state index contributed by atoms with van der Waals surface area (Å²) in [6, 6.07) is 13.6. The largest absolute Gasteiger partial charge is 0.366 e. The standard InChI is InChI=1S/C16H14BrN5/c17-13-2-1-3-14(10-13)21-16-19-9-6-15(22-16)20-11-12-4-7-18-8-5-12/h1-10H,11H2,(H2,19,20,21,22). The molecule has 6 heteroatoms. The molecular formula is C16H14BrN5. The number of nitrogens with zero attached hydrogens (tertiary/aromatic N) is 3. The van der Waals surface area contributed by atoms with Crippen LogP contribution in [0, 0.1) is 0 Å². The van der Waals surface area contributed by atoms with Gasteiger partial charge in [-0.3, -0.25) is 4.98 Å². The quantitative estimate of drug-likeness (QED) is 0.724. The maximum atomic E-state index is 4.45. The number of halogens is 1. The first-order chi connectivity index (χ1) is 10.8. The highest BCUT2D eigenvalue weighted by atomic mass is 79.9. The first-order valence-corrected chi connectivity index (χ1v) is 7.57. The average molecular weight is 356 g/mol. The summed E-state index contributed by atoms with van der Waals surface area (Å²) in [5.41, 5.74) is 2.08. The van der Waals surface area contributed by atoms with Crippen LogP contribution in [0.1, 0.15) is 5.56 Å².